The summed E-state index contributed by atoms with van der Waals surface area (Å²) >= 11 is 0. The number of hydrogen-bond acceptors (Lipinski definition) is 3. The first kappa shape index (κ1) is 13.7. The second kappa shape index (κ2) is 5.60. The van der Waals surface area contributed by atoms with Crippen LogP contribution < -0.4 is 5.32 Å². The number of aryl methyl sites for hydroxylation is 1. The number of pyridine rings is 1. The number of fused-ring (bicyclic) bond motifs is 1. The van der Waals surface area contributed by atoms with Gasteiger partial charge in [-0.25, -0.2) is 9.67 Å². The van der Waals surface area contributed by atoms with Crippen molar-refractivity contribution in [1.29, 1.82) is 0 Å². The van der Waals surface area contributed by atoms with E-state index >= 15 is 0 Å². The second-order valence-electron chi connectivity index (χ2n) is 5.46. The molecule has 0 aliphatic heterocycles. The number of rotatable bonds is 5. The predicted molar refractivity (Wildman–Crippen MR) is 85.3 cm³/mol. The number of nitrogens with zero attached hydrogens (tertiary/aromatic N) is 4. The van der Waals surface area contributed by atoms with Crippen LogP contribution in [-0.4, -0.2) is 19.3 Å². The van der Waals surface area contributed by atoms with Gasteiger partial charge in [0.15, 0.2) is 5.65 Å². The molecule has 0 aromatic carbocycles. The summed E-state index contributed by atoms with van der Waals surface area (Å²) in [6.07, 6.45) is 5.86. The fourth-order valence-electron chi connectivity index (χ4n) is 2.53. The Morgan fingerprint density at radius 3 is 2.90 bits per heavy atom. The molecule has 21 heavy (non-hydrogen) atoms. The molecule has 3 rings (SSSR count). The van der Waals surface area contributed by atoms with Crippen molar-refractivity contribution in [1.82, 2.24) is 19.3 Å². The first-order valence-electron chi connectivity index (χ1n) is 7.40. The van der Waals surface area contributed by atoms with Gasteiger partial charge in [-0.2, -0.15) is 5.10 Å². The lowest BCUT2D eigenvalue weighted by atomic mass is 10.3. The number of nitrogens with one attached hydrogen (secondary N) is 1. The van der Waals surface area contributed by atoms with Crippen LogP contribution in [0, 0.1) is 0 Å². The third-order valence-electron chi connectivity index (χ3n) is 3.66. The summed E-state index contributed by atoms with van der Waals surface area (Å²) < 4.78 is 4.18. The maximum absolute atomic E-state index is 4.54. The van der Waals surface area contributed by atoms with E-state index in [1.54, 1.807) is 0 Å². The normalized spacial score (nSPS) is 11.4. The Balaban J connectivity index is 1.79. The molecule has 3 heterocycles. The molecule has 5 heteroatoms. The zero-order valence-electron chi connectivity index (χ0n) is 12.7. The van der Waals surface area contributed by atoms with E-state index in [2.05, 4.69) is 65.1 Å². The highest BCUT2D eigenvalue weighted by Crippen LogP contribution is 2.19. The quantitative estimate of drug-likeness (QED) is 0.780. The molecular weight excluding hydrogens is 262 g/mol. The molecule has 0 saturated heterocycles. The Labute approximate surface area is 124 Å². The Morgan fingerprint density at radius 2 is 2.14 bits per heavy atom. The van der Waals surface area contributed by atoms with E-state index in [0.29, 0.717) is 6.04 Å². The van der Waals surface area contributed by atoms with E-state index in [1.165, 1.54) is 5.69 Å². The third-order valence-corrected chi connectivity index (χ3v) is 3.66. The molecule has 0 aliphatic carbocycles. The fraction of sp³-hybridized carbons (Fsp3) is 0.375. The highest BCUT2D eigenvalue weighted by molar-refractivity contribution is 5.78. The fourth-order valence-corrected chi connectivity index (χ4v) is 2.53. The lowest BCUT2D eigenvalue weighted by molar-refractivity contribution is 0.546. The summed E-state index contributed by atoms with van der Waals surface area (Å²) in [7, 11) is 0. The van der Waals surface area contributed by atoms with Crippen LogP contribution in [0.4, 0.5) is 5.69 Å². The SMILES string of the molecule is CCn1cccc1CNc1cnc2c(cnn2C(C)C)c1. The monoisotopic (exact) mass is 283 g/mol. The molecule has 3 aromatic heterocycles. The summed E-state index contributed by atoms with van der Waals surface area (Å²) in [6, 6.07) is 6.64. The molecule has 0 radical (unpaired) electrons. The van der Waals surface area contributed by atoms with E-state index in [9.17, 15) is 0 Å². The van der Waals surface area contributed by atoms with Crippen molar-refractivity contribution in [2.75, 3.05) is 5.32 Å². The van der Waals surface area contributed by atoms with Crippen molar-refractivity contribution in [3.63, 3.8) is 0 Å². The average Bonchev–Trinajstić information content (AvgIpc) is 3.10. The standard InChI is InChI=1S/C16H21N5/c1-4-20-7-5-6-15(20)11-17-14-8-13-9-19-21(12(2)3)16(13)18-10-14/h5-10,12,17H,4,11H2,1-3H3. The molecule has 5 nitrogen and oxygen atoms in total. The molecule has 0 unspecified atom stereocenters. The summed E-state index contributed by atoms with van der Waals surface area (Å²) in [5.74, 6) is 0. The van der Waals surface area contributed by atoms with Gasteiger partial charge in [0.1, 0.15) is 0 Å². The van der Waals surface area contributed by atoms with Gasteiger partial charge >= 0.3 is 0 Å². The Kier molecular flexibility index (Phi) is 3.64. The molecule has 0 saturated carbocycles. The van der Waals surface area contributed by atoms with Gasteiger partial charge < -0.3 is 9.88 Å². The first-order chi connectivity index (χ1) is 10.2. The van der Waals surface area contributed by atoms with E-state index in [1.807, 2.05) is 17.1 Å². The van der Waals surface area contributed by atoms with Crippen LogP contribution in [0.3, 0.4) is 0 Å². The highest BCUT2D eigenvalue weighted by atomic mass is 15.3. The maximum Gasteiger partial charge on any atom is 0.158 e. The van der Waals surface area contributed by atoms with Crippen molar-refractivity contribution in [2.45, 2.75) is 39.9 Å². The zero-order valence-corrected chi connectivity index (χ0v) is 12.7. The minimum atomic E-state index is 0.321. The van der Waals surface area contributed by atoms with Crippen molar-refractivity contribution in [3.8, 4) is 0 Å². The minimum Gasteiger partial charge on any atom is -0.378 e. The molecule has 0 spiro atoms. The van der Waals surface area contributed by atoms with Crippen molar-refractivity contribution < 1.29 is 0 Å². The van der Waals surface area contributed by atoms with Gasteiger partial charge in [0.25, 0.3) is 0 Å². The van der Waals surface area contributed by atoms with Gasteiger partial charge in [-0.05, 0) is 39.0 Å². The zero-order chi connectivity index (χ0) is 14.8. The number of aromatic nitrogens is 4. The molecule has 0 aliphatic rings. The summed E-state index contributed by atoms with van der Waals surface area (Å²) in [6.45, 7) is 8.16. The minimum absolute atomic E-state index is 0.321. The first-order valence-corrected chi connectivity index (χ1v) is 7.40. The maximum atomic E-state index is 4.54. The van der Waals surface area contributed by atoms with Gasteiger partial charge in [0.2, 0.25) is 0 Å². The molecule has 0 atom stereocenters. The number of hydrogen-bond donors (Lipinski definition) is 1. The summed E-state index contributed by atoms with van der Waals surface area (Å²) in [5, 5.41) is 8.90. The molecule has 1 N–H and O–H groups in total. The van der Waals surface area contributed by atoms with Crippen LogP contribution in [0.5, 0.6) is 0 Å². The summed E-state index contributed by atoms with van der Waals surface area (Å²) in [5.41, 5.74) is 3.23. The predicted octanol–water partition coefficient (Wildman–Crippen LogP) is 3.45. The smallest absolute Gasteiger partial charge is 0.158 e. The Bertz CT molecular complexity index is 738. The van der Waals surface area contributed by atoms with Gasteiger partial charge in [0, 0.05) is 29.9 Å². The number of anilines is 1. The lowest BCUT2D eigenvalue weighted by Crippen LogP contribution is -2.06. The van der Waals surface area contributed by atoms with Crippen LogP contribution >= 0.6 is 0 Å². The Hall–Kier alpha value is -2.30. The van der Waals surface area contributed by atoms with Crippen molar-refractivity contribution in [2.24, 2.45) is 0 Å². The van der Waals surface area contributed by atoms with Crippen LogP contribution in [0.15, 0.2) is 36.8 Å². The average molecular weight is 283 g/mol. The molecule has 3 aromatic rings. The van der Waals surface area contributed by atoms with Crippen LogP contribution in [0.2, 0.25) is 0 Å². The van der Waals surface area contributed by atoms with Gasteiger partial charge in [-0.1, -0.05) is 0 Å². The summed E-state index contributed by atoms with van der Waals surface area (Å²) in [4.78, 5) is 4.54. The van der Waals surface area contributed by atoms with Crippen LogP contribution in [0.1, 0.15) is 32.5 Å². The topological polar surface area (TPSA) is 47.7 Å². The van der Waals surface area contributed by atoms with Gasteiger partial charge in [-0.3, -0.25) is 0 Å². The van der Waals surface area contributed by atoms with E-state index in [0.717, 1.165) is 29.8 Å². The molecular formula is C16H21N5. The van der Waals surface area contributed by atoms with Crippen LogP contribution in [0.25, 0.3) is 11.0 Å². The highest BCUT2D eigenvalue weighted by Gasteiger charge is 2.08. The third kappa shape index (κ3) is 2.63. The van der Waals surface area contributed by atoms with Gasteiger partial charge in [-0.15, -0.1) is 0 Å². The molecule has 0 bridgehead atoms. The van der Waals surface area contributed by atoms with Crippen molar-refractivity contribution in [3.05, 3.63) is 42.5 Å². The van der Waals surface area contributed by atoms with E-state index in [4.69, 9.17) is 0 Å². The largest absolute Gasteiger partial charge is 0.378 e. The Morgan fingerprint density at radius 1 is 1.29 bits per heavy atom. The molecule has 0 fully saturated rings. The molecule has 0 amide bonds. The van der Waals surface area contributed by atoms with Gasteiger partial charge in [0.05, 0.1) is 24.6 Å². The van der Waals surface area contributed by atoms with Crippen molar-refractivity contribution >= 4 is 16.7 Å². The van der Waals surface area contributed by atoms with Crippen LogP contribution in [-0.2, 0) is 13.1 Å². The lowest BCUT2D eigenvalue weighted by Gasteiger charge is -2.10. The molecule has 110 valence electrons. The van der Waals surface area contributed by atoms with E-state index in [-0.39, 0.29) is 0 Å². The second-order valence-corrected chi connectivity index (χ2v) is 5.46. The van der Waals surface area contributed by atoms with E-state index < -0.39 is 0 Å².